The Morgan fingerprint density at radius 2 is 1.86 bits per heavy atom. The third kappa shape index (κ3) is 5.36. The smallest absolute Gasteiger partial charge is 0.412 e. The van der Waals surface area contributed by atoms with Crippen LogP contribution in [-0.2, 0) is 9.53 Å². The van der Waals surface area contributed by atoms with Gasteiger partial charge in [-0.3, -0.25) is 5.32 Å². The first kappa shape index (κ1) is 20.4. The van der Waals surface area contributed by atoms with Crippen molar-refractivity contribution in [3.8, 4) is 5.75 Å². The summed E-state index contributed by atoms with van der Waals surface area (Å²) in [6, 6.07) is 17.9. The molecule has 7 heteroatoms. The number of carboxylic acids is 1. The summed E-state index contributed by atoms with van der Waals surface area (Å²) in [5.74, 6) is -1.16. The molecule has 0 unspecified atom stereocenters. The molecule has 0 aromatic heterocycles. The van der Waals surface area contributed by atoms with Crippen molar-refractivity contribution in [2.24, 2.45) is 0 Å². The average molecular weight is 456 g/mol. The fourth-order valence-electron chi connectivity index (χ4n) is 2.92. The molecule has 148 valence electrons. The van der Waals surface area contributed by atoms with E-state index in [2.05, 4.69) is 21.2 Å². The molecule has 1 amide bonds. The number of fused-ring (bicyclic) bond motifs is 1. The molecule has 0 aliphatic carbocycles. The fraction of sp³-hybridized carbons (Fsp3) is 0.0909. The van der Waals surface area contributed by atoms with E-state index in [1.165, 1.54) is 12.1 Å². The highest BCUT2D eigenvalue weighted by Crippen LogP contribution is 2.33. The third-order valence-corrected chi connectivity index (χ3v) is 4.72. The summed E-state index contributed by atoms with van der Waals surface area (Å²) in [7, 11) is 0. The van der Waals surface area contributed by atoms with Crippen molar-refractivity contribution in [2.75, 3.05) is 5.32 Å². The zero-order valence-corrected chi connectivity index (χ0v) is 16.8. The van der Waals surface area contributed by atoms with E-state index in [4.69, 9.17) is 9.84 Å². The van der Waals surface area contributed by atoms with E-state index in [0.29, 0.717) is 15.7 Å². The van der Waals surface area contributed by atoms with E-state index >= 15 is 0 Å². The summed E-state index contributed by atoms with van der Waals surface area (Å²) in [5, 5.41) is 23.5. The number of rotatable bonds is 6. The van der Waals surface area contributed by atoms with Crippen molar-refractivity contribution in [1.82, 2.24) is 0 Å². The molecule has 0 fully saturated rings. The molecule has 0 aliphatic rings. The highest BCUT2D eigenvalue weighted by molar-refractivity contribution is 9.10. The molecule has 3 N–H and O–H groups in total. The molecular weight excluding hydrogens is 438 g/mol. The minimum absolute atomic E-state index is 0.0557. The lowest BCUT2D eigenvalue weighted by Crippen LogP contribution is -2.17. The maximum absolute atomic E-state index is 12.6. The largest absolute Gasteiger partial charge is 0.508 e. The Morgan fingerprint density at radius 1 is 1.10 bits per heavy atom. The quantitative estimate of drug-likeness (QED) is 0.418. The molecule has 29 heavy (non-hydrogen) atoms. The lowest BCUT2D eigenvalue weighted by molar-refractivity contribution is -0.131. The fourth-order valence-corrected chi connectivity index (χ4v) is 3.30. The molecule has 1 atom stereocenters. The molecule has 0 heterocycles. The van der Waals surface area contributed by atoms with Gasteiger partial charge in [-0.25, -0.2) is 9.59 Å². The Bertz CT molecular complexity index is 1070. The number of anilines is 1. The maximum atomic E-state index is 12.6. The third-order valence-electron chi connectivity index (χ3n) is 4.22. The molecule has 0 spiro atoms. The van der Waals surface area contributed by atoms with Crippen molar-refractivity contribution in [3.05, 3.63) is 82.9 Å². The van der Waals surface area contributed by atoms with Crippen LogP contribution in [0.3, 0.4) is 0 Å². The van der Waals surface area contributed by atoms with Crippen LogP contribution < -0.4 is 5.32 Å². The van der Waals surface area contributed by atoms with E-state index < -0.39 is 18.2 Å². The van der Waals surface area contributed by atoms with Crippen molar-refractivity contribution in [2.45, 2.75) is 12.5 Å². The van der Waals surface area contributed by atoms with Crippen LogP contribution in [0.4, 0.5) is 10.5 Å². The van der Waals surface area contributed by atoms with Crippen molar-refractivity contribution in [3.63, 3.8) is 0 Å². The van der Waals surface area contributed by atoms with Gasteiger partial charge in [0.2, 0.25) is 0 Å². The minimum atomic E-state index is -1.11. The zero-order chi connectivity index (χ0) is 20.8. The van der Waals surface area contributed by atoms with Gasteiger partial charge in [0.15, 0.2) is 0 Å². The molecule has 6 nitrogen and oxygen atoms in total. The molecule has 0 saturated heterocycles. The first-order valence-electron chi connectivity index (χ1n) is 8.77. The standard InChI is InChI=1S/C22H18BrNO5/c23-15-11-12-19(25)17(13-15)20(9-4-10-21(26)27)29-22(28)24-18-8-3-6-14-5-1-2-7-16(14)18/h1-8,10-13,20,25H,9H2,(H,24,28)(H,26,27)/b10-4+/t20-/m1/s1. The number of hydrogen-bond acceptors (Lipinski definition) is 4. The molecule has 3 rings (SSSR count). The number of ether oxygens (including phenoxy) is 1. The van der Waals surface area contributed by atoms with Gasteiger partial charge in [0.05, 0.1) is 5.69 Å². The van der Waals surface area contributed by atoms with Gasteiger partial charge in [-0.15, -0.1) is 0 Å². The van der Waals surface area contributed by atoms with E-state index in [0.717, 1.165) is 16.8 Å². The van der Waals surface area contributed by atoms with Crippen LogP contribution in [0, 0.1) is 0 Å². The Balaban J connectivity index is 1.83. The predicted molar refractivity (Wildman–Crippen MR) is 114 cm³/mol. The number of carbonyl (C=O) groups is 2. The molecular formula is C22H18BrNO5. The van der Waals surface area contributed by atoms with Crippen molar-refractivity contribution in [1.29, 1.82) is 0 Å². The molecule has 0 aliphatic heterocycles. The summed E-state index contributed by atoms with van der Waals surface area (Å²) >= 11 is 3.32. The lowest BCUT2D eigenvalue weighted by atomic mass is 10.0. The number of amides is 1. The van der Waals surface area contributed by atoms with E-state index in [1.54, 1.807) is 18.2 Å². The van der Waals surface area contributed by atoms with Crippen molar-refractivity contribution < 1.29 is 24.5 Å². The SMILES string of the molecule is O=C(O)/C=C/C[C@@H](OC(=O)Nc1cccc2ccccc12)c1cc(Br)ccc1O. The molecule has 0 saturated carbocycles. The van der Waals surface area contributed by atoms with E-state index in [1.807, 2.05) is 36.4 Å². The summed E-state index contributed by atoms with van der Waals surface area (Å²) in [5.41, 5.74) is 0.953. The predicted octanol–water partition coefficient (Wildman–Crippen LogP) is 5.63. The summed E-state index contributed by atoms with van der Waals surface area (Å²) in [6.45, 7) is 0. The Kier molecular flexibility index (Phi) is 6.51. The number of phenols is 1. The Hall–Kier alpha value is -3.32. The maximum Gasteiger partial charge on any atom is 0.412 e. The summed E-state index contributed by atoms with van der Waals surface area (Å²) < 4.78 is 6.22. The number of halogens is 1. The van der Waals surface area contributed by atoms with Gasteiger partial charge in [0, 0.05) is 27.9 Å². The molecule has 3 aromatic rings. The molecule has 3 aromatic carbocycles. The van der Waals surface area contributed by atoms with Gasteiger partial charge in [0.1, 0.15) is 11.9 Å². The van der Waals surface area contributed by atoms with Crippen molar-refractivity contribution >= 4 is 44.5 Å². The summed E-state index contributed by atoms with van der Waals surface area (Å²) in [4.78, 5) is 23.3. The number of nitrogens with one attached hydrogen (secondary N) is 1. The number of phenolic OH excluding ortho intramolecular Hbond substituents is 1. The second-order valence-corrected chi connectivity index (χ2v) is 7.14. The highest BCUT2D eigenvalue weighted by atomic mass is 79.9. The average Bonchev–Trinajstić information content (AvgIpc) is 2.69. The second kappa shape index (κ2) is 9.25. The van der Waals surface area contributed by atoms with Crippen LogP contribution in [0.2, 0.25) is 0 Å². The first-order chi connectivity index (χ1) is 13.9. The Labute approximate surface area is 175 Å². The number of carboxylic acid groups (broad SMARTS) is 1. The first-order valence-corrected chi connectivity index (χ1v) is 9.56. The van der Waals surface area contributed by atoms with Gasteiger partial charge in [-0.2, -0.15) is 0 Å². The number of hydrogen-bond donors (Lipinski definition) is 3. The van der Waals surface area contributed by atoms with Gasteiger partial charge >= 0.3 is 12.1 Å². The number of benzene rings is 3. The van der Waals surface area contributed by atoms with Crippen LogP contribution in [0.5, 0.6) is 5.75 Å². The Morgan fingerprint density at radius 3 is 2.66 bits per heavy atom. The van der Waals surface area contributed by atoms with Gasteiger partial charge in [-0.1, -0.05) is 58.4 Å². The van der Waals surface area contributed by atoms with Gasteiger partial charge < -0.3 is 14.9 Å². The normalized spacial score (nSPS) is 12.0. The molecule has 0 radical (unpaired) electrons. The number of carbonyl (C=O) groups excluding carboxylic acids is 1. The van der Waals surface area contributed by atoms with E-state index in [-0.39, 0.29) is 12.2 Å². The second-order valence-electron chi connectivity index (χ2n) is 6.23. The van der Waals surface area contributed by atoms with Crippen LogP contribution in [0.25, 0.3) is 10.8 Å². The minimum Gasteiger partial charge on any atom is -0.508 e. The van der Waals surface area contributed by atoms with Crippen LogP contribution >= 0.6 is 15.9 Å². The number of aliphatic carboxylic acids is 1. The molecule has 0 bridgehead atoms. The monoisotopic (exact) mass is 455 g/mol. The topological polar surface area (TPSA) is 95.9 Å². The summed E-state index contributed by atoms with van der Waals surface area (Å²) in [6.07, 6.45) is 0.832. The highest BCUT2D eigenvalue weighted by Gasteiger charge is 2.20. The van der Waals surface area contributed by atoms with Gasteiger partial charge in [0.25, 0.3) is 0 Å². The lowest BCUT2D eigenvalue weighted by Gasteiger charge is -2.19. The van der Waals surface area contributed by atoms with Crippen LogP contribution in [0.15, 0.2) is 77.3 Å². The van der Waals surface area contributed by atoms with E-state index in [9.17, 15) is 14.7 Å². The van der Waals surface area contributed by atoms with Crippen LogP contribution in [0.1, 0.15) is 18.1 Å². The van der Waals surface area contributed by atoms with Crippen LogP contribution in [-0.4, -0.2) is 22.3 Å². The number of aromatic hydroxyl groups is 1. The van der Waals surface area contributed by atoms with Gasteiger partial charge in [-0.05, 0) is 29.7 Å². The zero-order valence-electron chi connectivity index (χ0n) is 15.2.